The van der Waals surface area contributed by atoms with Gasteiger partial charge in [-0.1, -0.05) is 24.3 Å². The molecule has 5 nitrogen and oxygen atoms in total. The van der Waals surface area contributed by atoms with Crippen molar-refractivity contribution in [3.05, 3.63) is 42.1 Å². The average molecular weight is 468 g/mol. The van der Waals surface area contributed by atoms with Gasteiger partial charge in [0.05, 0.1) is 17.7 Å². The van der Waals surface area contributed by atoms with Gasteiger partial charge in [0.1, 0.15) is 0 Å². The van der Waals surface area contributed by atoms with E-state index < -0.39 is 0 Å². The summed E-state index contributed by atoms with van der Waals surface area (Å²) in [5, 5.41) is 7.93. The SMILES string of the molecule is CCNC(=NCC1(C)CCCO1)NCCc1cccc2cccnc12.I. The van der Waals surface area contributed by atoms with Crippen molar-refractivity contribution in [2.24, 2.45) is 4.99 Å². The fourth-order valence-corrected chi connectivity index (χ4v) is 3.23. The molecule has 1 fully saturated rings. The van der Waals surface area contributed by atoms with Crippen molar-refractivity contribution < 1.29 is 4.74 Å². The molecular weight excluding hydrogens is 439 g/mol. The van der Waals surface area contributed by atoms with Gasteiger partial charge in [0.25, 0.3) is 0 Å². The lowest BCUT2D eigenvalue weighted by molar-refractivity contribution is 0.0283. The van der Waals surface area contributed by atoms with Gasteiger partial charge in [-0.25, -0.2) is 0 Å². The van der Waals surface area contributed by atoms with E-state index in [9.17, 15) is 0 Å². The smallest absolute Gasteiger partial charge is 0.191 e. The Morgan fingerprint density at radius 3 is 2.88 bits per heavy atom. The summed E-state index contributed by atoms with van der Waals surface area (Å²) in [5.74, 6) is 0.854. The van der Waals surface area contributed by atoms with Gasteiger partial charge in [0, 0.05) is 31.3 Å². The maximum absolute atomic E-state index is 5.82. The number of halogens is 1. The summed E-state index contributed by atoms with van der Waals surface area (Å²) in [6, 6.07) is 10.4. The summed E-state index contributed by atoms with van der Waals surface area (Å²) in [6.07, 6.45) is 4.97. The minimum Gasteiger partial charge on any atom is -0.373 e. The number of fused-ring (bicyclic) bond motifs is 1. The second-order valence-electron chi connectivity index (χ2n) is 6.77. The number of aromatic nitrogens is 1. The number of para-hydroxylation sites is 1. The number of nitrogens with zero attached hydrogens (tertiary/aromatic N) is 2. The van der Waals surface area contributed by atoms with Gasteiger partial charge in [-0.15, -0.1) is 24.0 Å². The van der Waals surface area contributed by atoms with Crippen LogP contribution in [0.15, 0.2) is 41.5 Å². The van der Waals surface area contributed by atoms with Gasteiger partial charge in [-0.3, -0.25) is 9.98 Å². The van der Waals surface area contributed by atoms with Gasteiger partial charge >= 0.3 is 0 Å². The molecule has 142 valence electrons. The summed E-state index contributed by atoms with van der Waals surface area (Å²) in [6.45, 7) is 7.44. The van der Waals surface area contributed by atoms with E-state index >= 15 is 0 Å². The molecule has 26 heavy (non-hydrogen) atoms. The zero-order valence-corrected chi connectivity index (χ0v) is 18.0. The molecule has 1 aromatic heterocycles. The van der Waals surface area contributed by atoms with Gasteiger partial charge in [-0.05, 0) is 44.7 Å². The van der Waals surface area contributed by atoms with Crippen LogP contribution >= 0.6 is 24.0 Å². The minimum atomic E-state index is -0.109. The molecule has 0 radical (unpaired) electrons. The Morgan fingerprint density at radius 1 is 1.27 bits per heavy atom. The molecule has 1 aromatic carbocycles. The molecule has 2 N–H and O–H groups in total. The van der Waals surface area contributed by atoms with Gasteiger partial charge in [-0.2, -0.15) is 0 Å². The Kier molecular flexibility index (Phi) is 8.09. The van der Waals surface area contributed by atoms with Crippen molar-refractivity contribution in [1.29, 1.82) is 0 Å². The topological polar surface area (TPSA) is 58.5 Å². The highest BCUT2D eigenvalue weighted by atomic mass is 127. The number of rotatable bonds is 6. The average Bonchev–Trinajstić information content (AvgIpc) is 3.07. The summed E-state index contributed by atoms with van der Waals surface area (Å²) in [5.41, 5.74) is 2.23. The van der Waals surface area contributed by atoms with E-state index in [-0.39, 0.29) is 29.6 Å². The van der Waals surface area contributed by atoms with Crippen molar-refractivity contribution in [3.63, 3.8) is 0 Å². The molecule has 2 heterocycles. The van der Waals surface area contributed by atoms with Crippen LogP contribution in [0.1, 0.15) is 32.3 Å². The monoisotopic (exact) mass is 468 g/mol. The first-order valence-corrected chi connectivity index (χ1v) is 9.19. The van der Waals surface area contributed by atoms with Crippen LogP contribution in [-0.2, 0) is 11.2 Å². The van der Waals surface area contributed by atoms with Crippen molar-refractivity contribution in [1.82, 2.24) is 15.6 Å². The van der Waals surface area contributed by atoms with Crippen LogP contribution in [0.4, 0.5) is 0 Å². The predicted molar refractivity (Wildman–Crippen MR) is 118 cm³/mol. The molecule has 6 heteroatoms. The van der Waals surface area contributed by atoms with Crippen LogP contribution in [0.25, 0.3) is 10.9 Å². The molecule has 0 spiro atoms. The number of ether oxygens (including phenoxy) is 1. The standard InChI is InChI=1S/C20H28N4O.HI/c1-3-21-19(24-15-20(2)11-6-14-25-20)23-13-10-17-8-4-7-16-9-5-12-22-18(16)17;/h4-5,7-9,12H,3,6,10-11,13-15H2,1-2H3,(H2,21,23,24);1H. The molecule has 1 saturated heterocycles. The molecule has 1 aliphatic rings. The zero-order chi connectivity index (χ0) is 17.5. The van der Waals surface area contributed by atoms with Crippen LogP contribution in [0.3, 0.4) is 0 Å². The van der Waals surface area contributed by atoms with E-state index in [1.54, 1.807) is 0 Å². The maximum atomic E-state index is 5.82. The normalized spacial score (nSPS) is 20.0. The van der Waals surface area contributed by atoms with Gasteiger partial charge in [0.15, 0.2) is 5.96 Å². The highest BCUT2D eigenvalue weighted by Gasteiger charge is 2.29. The van der Waals surface area contributed by atoms with E-state index in [0.717, 1.165) is 50.4 Å². The number of hydrogen-bond acceptors (Lipinski definition) is 3. The van der Waals surface area contributed by atoms with Gasteiger partial charge in [0.2, 0.25) is 0 Å². The Morgan fingerprint density at radius 2 is 2.12 bits per heavy atom. The molecule has 3 rings (SSSR count). The van der Waals surface area contributed by atoms with Crippen LogP contribution in [0.2, 0.25) is 0 Å². The number of pyridine rings is 1. The molecule has 0 amide bonds. The number of benzene rings is 1. The Hall–Kier alpha value is -1.41. The lowest BCUT2D eigenvalue weighted by Crippen LogP contribution is -2.40. The number of aliphatic imine (C=N–C) groups is 1. The van der Waals surface area contributed by atoms with E-state index in [2.05, 4.69) is 53.7 Å². The Labute approximate surface area is 173 Å². The maximum Gasteiger partial charge on any atom is 0.191 e. The van der Waals surface area contributed by atoms with E-state index in [1.807, 2.05) is 12.3 Å². The lowest BCUT2D eigenvalue weighted by Gasteiger charge is -2.21. The fraction of sp³-hybridized carbons (Fsp3) is 0.500. The van der Waals surface area contributed by atoms with Crippen molar-refractivity contribution in [2.75, 3.05) is 26.2 Å². The summed E-state index contributed by atoms with van der Waals surface area (Å²) in [4.78, 5) is 9.24. The van der Waals surface area contributed by atoms with Crippen molar-refractivity contribution >= 4 is 40.8 Å². The van der Waals surface area contributed by atoms with Crippen molar-refractivity contribution in [2.45, 2.75) is 38.7 Å². The highest BCUT2D eigenvalue weighted by molar-refractivity contribution is 14.0. The first kappa shape index (κ1) is 20.9. The number of guanidine groups is 1. The zero-order valence-electron chi connectivity index (χ0n) is 15.6. The number of hydrogen-bond donors (Lipinski definition) is 2. The summed E-state index contributed by atoms with van der Waals surface area (Å²) < 4.78 is 5.82. The Balaban J connectivity index is 0.00000243. The van der Waals surface area contributed by atoms with Crippen LogP contribution in [0.5, 0.6) is 0 Å². The Bertz CT molecular complexity index is 723. The van der Waals surface area contributed by atoms with Crippen LogP contribution in [-0.4, -0.2) is 42.8 Å². The molecule has 0 aliphatic carbocycles. The predicted octanol–water partition coefficient (Wildman–Crippen LogP) is 3.52. The highest BCUT2D eigenvalue weighted by Crippen LogP contribution is 2.25. The lowest BCUT2D eigenvalue weighted by atomic mass is 10.0. The molecule has 0 saturated carbocycles. The first-order chi connectivity index (χ1) is 12.2. The van der Waals surface area contributed by atoms with Crippen LogP contribution in [0, 0.1) is 0 Å². The largest absolute Gasteiger partial charge is 0.373 e. The number of nitrogens with one attached hydrogen (secondary N) is 2. The third kappa shape index (κ3) is 5.54. The molecule has 2 aromatic rings. The first-order valence-electron chi connectivity index (χ1n) is 9.19. The van der Waals surface area contributed by atoms with E-state index in [0.29, 0.717) is 6.54 Å². The molecule has 1 atom stereocenters. The second kappa shape index (κ2) is 10.1. The molecule has 0 bridgehead atoms. The van der Waals surface area contributed by atoms with E-state index in [1.165, 1.54) is 10.9 Å². The minimum absolute atomic E-state index is 0. The van der Waals surface area contributed by atoms with Crippen LogP contribution < -0.4 is 10.6 Å². The molecule has 1 aliphatic heterocycles. The third-order valence-electron chi connectivity index (χ3n) is 4.62. The second-order valence-corrected chi connectivity index (χ2v) is 6.77. The molecular formula is C20H29IN4O. The van der Waals surface area contributed by atoms with Crippen molar-refractivity contribution in [3.8, 4) is 0 Å². The fourth-order valence-electron chi connectivity index (χ4n) is 3.23. The van der Waals surface area contributed by atoms with E-state index in [4.69, 9.17) is 9.73 Å². The quantitative estimate of drug-likeness (QED) is 0.387. The van der Waals surface area contributed by atoms with Gasteiger partial charge < -0.3 is 15.4 Å². The summed E-state index contributed by atoms with van der Waals surface area (Å²) in [7, 11) is 0. The molecule has 1 unspecified atom stereocenters. The third-order valence-corrected chi connectivity index (χ3v) is 4.62. The summed E-state index contributed by atoms with van der Waals surface area (Å²) >= 11 is 0.